The molecule has 1 aliphatic rings. The summed E-state index contributed by atoms with van der Waals surface area (Å²) in [5.41, 5.74) is 0.629. The van der Waals surface area contributed by atoms with E-state index >= 15 is 0 Å². The second-order valence-electron chi connectivity index (χ2n) is 5.81. The third-order valence-electron chi connectivity index (χ3n) is 4.02. The SMILES string of the molecule is CNc1cc(N2CCCC(O)(CNC(=O)c3cncs3)C2)ncn1. The molecule has 8 nitrogen and oxygen atoms in total. The Bertz CT molecular complexity index is 695. The molecular formula is C15H20N6O2S. The van der Waals surface area contributed by atoms with Crippen molar-refractivity contribution in [1.82, 2.24) is 20.3 Å². The van der Waals surface area contributed by atoms with Crippen LogP contribution in [-0.4, -0.2) is 58.2 Å². The van der Waals surface area contributed by atoms with Gasteiger partial charge in [0.05, 0.1) is 17.3 Å². The third-order valence-corrected chi connectivity index (χ3v) is 4.79. The van der Waals surface area contributed by atoms with E-state index in [1.54, 1.807) is 12.6 Å². The molecule has 0 aliphatic carbocycles. The zero-order chi connectivity index (χ0) is 17.0. The van der Waals surface area contributed by atoms with Crippen molar-refractivity contribution in [3.8, 4) is 0 Å². The Balaban J connectivity index is 1.64. The Labute approximate surface area is 144 Å². The van der Waals surface area contributed by atoms with Gasteiger partial charge in [0, 0.05) is 32.7 Å². The molecule has 0 bridgehead atoms. The number of nitrogens with zero attached hydrogens (tertiary/aromatic N) is 4. The number of aromatic nitrogens is 3. The lowest BCUT2D eigenvalue weighted by molar-refractivity contribution is 0.0255. The molecule has 0 aromatic carbocycles. The van der Waals surface area contributed by atoms with Gasteiger partial charge >= 0.3 is 0 Å². The quantitative estimate of drug-likeness (QED) is 0.732. The minimum atomic E-state index is -0.983. The summed E-state index contributed by atoms with van der Waals surface area (Å²) < 4.78 is 0. The molecule has 128 valence electrons. The molecule has 3 N–H and O–H groups in total. The first kappa shape index (κ1) is 16.6. The van der Waals surface area contributed by atoms with Crippen LogP contribution in [0.5, 0.6) is 0 Å². The van der Waals surface area contributed by atoms with Gasteiger partial charge in [-0.3, -0.25) is 9.78 Å². The summed E-state index contributed by atoms with van der Waals surface area (Å²) in [6.45, 7) is 1.42. The normalized spacial score (nSPS) is 20.7. The molecule has 1 amide bonds. The van der Waals surface area contributed by atoms with Crippen LogP contribution in [0.1, 0.15) is 22.5 Å². The number of thiazole rings is 1. The molecule has 3 rings (SSSR count). The molecule has 24 heavy (non-hydrogen) atoms. The van der Waals surface area contributed by atoms with Gasteiger partial charge in [0.15, 0.2) is 0 Å². The summed E-state index contributed by atoms with van der Waals surface area (Å²) >= 11 is 1.28. The van der Waals surface area contributed by atoms with Gasteiger partial charge in [-0.15, -0.1) is 11.3 Å². The molecule has 1 saturated heterocycles. The Hall–Kier alpha value is -2.26. The van der Waals surface area contributed by atoms with Gasteiger partial charge < -0.3 is 20.6 Å². The van der Waals surface area contributed by atoms with Crippen LogP contribution < -0.4 is 15.5 Å². The van der Waals surface area contributed by atoms with Gasteiger partial charge in [-0.1, -0.05) is 0 Å². The molecule has 1 atom stereocenters. The van der Waals surface area contributed by atoms with E-state index < -0.39 is 5.60 Å². The maximum atomic E-state index is 12.0. The van der Waals surface area contributed by atoms with Crippen LogP contribution in [0.3, 0.4) is 0 Å². The van der Waals surface area contributed by atoms with Crippen molar-refractivity contribution in [3.63, 3.8) is 0 Å². The van der Waals surface area contributed by atoms with E-state index in [0.717, 1.165) is 24.6 Å². The van der Waals surface area contributed by atoms with Gasteiger partial charge in [-0.05, 0) is 12.8 Å². The number of hydrogen-bond donors (Lipinski definition) is 3. The lowest BCUT2D eigenvalue weighted by Gasteiger charge is -2.39. The van der Waals surface area contributed by atoms with E-state index in [4.69, 9.17) is 0 Å². The van der Waals surface area contributed by atoms with Gasteiger partial charge in [-0.2, -0.15) is 0 Å². The molecule has 1 unspecified atom stereocenters. The van der Waals surface area contributed by atoms with Crippen molar-refractivity contribution < 1.29 is 9.90 Å². The number of piperidine rings is 1. The number of nitrogens with one attached hydrogen (secondary N) is 2. The van der Waals surface area contributed by atoms with E-state index in [-0.39, 0.29) is 12.5 Å². The Kier molecular flexibility index (Phi) is 4.91. The minimum absolute atomic E-state index is 0.199. The summed E-state index contributed by atoms with van der Waals surface area (Å²) in [4.78, 5) is 26.9. The zero-order valence-corrected chi connectivity index (χ0v) is 14.2. The Morgan fingerprint density at radius 2 is 2.38 bits per heavy atom. The van der Waals surface area contributed by atoms with Crippen molar-refractivity contribution in [2.24, 2.45) is 0 Å². The van der Waals surface area contributed by atoms with Crippen LogP contribution in [0.15, 0.2) is 24.1 Å². The minimum Gasteiger partial charge on any atom is -0.386 e. The topological polar surface area (TPSA) is 103 Å². The fourth-order valence-corrected chi connectivity index (χ4v) is 3.30. The lowest BCUT2D eigenvalue weighted by atomic mass is 9.92. The second-order valence-corrected chi connectivity index (χ2v) is 6.70. The predicted molar refractivity (Wildman–Crippen MR) is 92.4 cm³/mol. The second kappa shape index (κ2) is 7.10. The van der Waals surface area contributed by atoms with Gasteiger partial charge in [0.2, 0.25) is 0 Å². The number of β-amino-alcohol motifs (C(OH)–C–C–N with tert-alkyl or cyclic N) is 1. The zero-order valence-electron chi connectivity index (χ0n) is 13.4. The standard InChI is InChI=1S/C15H20N6O2S/c1-16-12-5-13(20-9-19-12)21-4-2-3-15(23,8-21)7-18-14(22)11-6-17-10-24-11/h5-6,9-10,23H,2-4,7-8H2,1H3,(H,18,22)(H,16,19,20). The third kappa shape index (κ3) is 3.80. The van der Waals surface area contributed by atoms with Crippen molar-refractivity contribution in [2.75, 3.05) is 36.9 Å². The molecule has 1 aliphatic heterocycles. The van der Waals surface area contributed by atoms with Crippen LogP contribution in [0.4, 0.5) is 11.6 Å². The number of carbonyl (C=O) groups excluding carboxylic acids is 1. The molecule has 0 radical (unpaired) electrons. The number of hydrogen-bond acceptors (Lipinski definition) is 8. The molecule has 3 heterocycles. The average Bonchev–Trinajstić information content (AvgIpc) is 3.14. The number of amides is 1. The highest BCUT2D eigenvalue weighted by Crippen LogP contribution is 2.25. The summed E-state index contributed by atoms with van der Waals surface area (Å²) in [6.07, 6.45) is 4.49. The maximum absolute atomic E-state index is 12.0. The van der Waals surface area contributed by atoms with Gasteiger partial charge in [-0.25, -0.2) is 9.97 Å². The van der Waals surface area contributed by atoms with Crippen LogP contribution in [0, 0.1) is 0 Å². The van der Waals surface area contributed by atoms with E-state index in [0.29, 0.717) is 17.8 Å². The van der Waals surface area contributed by atoms with Crippen molar-refractivity contribution in [1.29, 1.82) is 0 Å². The Morgan fingerprint density at radius 1 is 1.50 bits per heavy atom. The van der Waals surface area contributed by atoms with Crippen LogP contribution in [-0.2, 0) is 0 Å². The summed E-state index contributed by atoms with van der Waals surface area (Å²) in [6, 6.07) is 1.85. The van der Waals surface area contributed by atoms with E-state index in [2.05, 4.69) is 25.6 Å². The number of anilines is 2. The molecule has 2 aromatic heterocycles. The molecule has 1 fully saturated rings. The van der Waals surface area contributed by atoms with Crippen molar-refractivity contribution in [3.05, 3.63) is 29.0 Å². The van der Waals surface area contributed by atoms with Gasteiger partial charge in [0.1, 0.15) is 22.8 Å². The molecule has 2 aromatic rings. The first-order valence-electron chi connectivity index (χ1n) is 7.73. The molecule has 0 saturated carbocycles. The van der Waals surface area contributed by atoms with Gasteiger partial charge in [0.25, 0.3) is 5.91 Å². The highest BCUT2D eigenvalue weighted by Gasteiger charge is 2.34. The smallest absolute Gasteiger partial charge is 0.263 e. The van der Waals surface area contributed by atoms with Crippen molar-refractivity contribution >= 4 is 28.9 Å². The monoisotopic (exact) mass is 348 g/mol. The molecule has 0 spiro atoms. The fraction of sp³-hybridized carbons (Fsp3) is 0.467. The summed E-state index contributed by atoms with van der Waals surface area (Å²) in [5, 5.41) is 16.6. The van der Waals surface area contributed by atoms with Crippen LogP contribution in [0.25, 0.3) is 0 Å². The number of rotatable bonds is 5. The van der Waals surface area contributed by atoms with Crippen molar-refractivity contribution in [2.45, 2.75) is 18.4 Å². The first-order chi connectivity index (χ1) is 11.6. The first-order valence-corrected chi connectivity index (χ1v) is 8.61. The Morgan fingerprint density at radius 3 is 3.12 bits per heavy atom. The predicted octanol–water partition coefficient (Wildman–Crippen LogP) is 0.736. The van der Waals surface area contributed by atoms with E-state index in [1.165, 1.54) is 23.9 Å². The molecule has 9 heteroatoms. The highest BCUT2D eigenvalue weighted by atomic mass is 32.1. The van der Waals surface area contributed by atoms with E-state index in [9.17, 15) is 9.90 Å². The fourth-order valence-electron chi connectivity index (χ4n) is 2.77. The number of aliphatic hydroxyl groups is 1. The maximum Gasteiger partial charge on any atom is 0.263 e. The summed E-state index contributed by atoms with van der Waals surface area (Å²) in [7, 11) is 1.80. The van der Waals surface area contributed by atoms with Crippen LogP contribution in [0.2, 0.25) is 0 Å². The largest absolute Gasteiger partial charge is 0.386 e. The highest BCUT2D eigenvalue weighted by molar-refractivity contribution is 7.11. The number of carbonyl (C=O) groups is 1. The average molecular weight is 348 g/mol. The molecular weight excluding hydrogens is 328 g/mol. The van der Waals surface area contributed by atoms with E-state index in [1.807, 2.05) is 11.0 Å². The lowest BCUT2D eigenvalue weighted by Crippen LogP contribution is -2.54. The summed E-state index contributed by atoms with van der Waals surface area (Å²) in [5.74, 6) is 1.29. The van der Waals surface area contributed by atoms with Crippen LogP contribution >= 0.6 is 11.3 Å².